The van der Waals surface area contributed by atoms with E-state index >= 15 is 0 Å². The monoisotopic (exact) mass is 359 g/mol. The third-order valence-electron chi connectivity index (χ3n) is 4.81. The van der Waals surface area contributed by atoms with Gasteiger partial charge >= 0.3 is 6.03 Å². The minimum atomic E-state index is -0.129. The van der Waals surface area contributed by atoms with Gasteiger partial charge in [0.2, 0.25) is 0 Å². The molecule has 0 saturated carbocycles. The highest BCUT2D eigenvalue weighted by Gasteiger charge is 2.22. The fourth-order valence-electron chi connectivity index (χ4n) is 3.30. The van der Waals surface area contributed by atoms with E-state index in [9.17, 15) is 4.79 Å². The van der Waals surface area contributed by atoms with Crippen LogP contribution in [0.2, 0.25) is 0 Å². The van der Waals surface area contributed by atoms with Gasteiger partial charge in [-0.05, 0) is 24.8 Å². The summed E-state index contributed by atoms with van der Waals surface area (Å²) in [7, 11) is 4.86. The molecule has 0 aliphatic carbocycles. The summed E-state index contributed by atoms with van der Waals surface area (Å²) in [5, 5.41) is 6.42. The molecule has 8 nitrogen and oxygen atoms in total. The van der Waals surface area contributed by atoms with Gasteiger partial charge in [-0.1, -0.05) is 0 Å². The van der Waals surface area contributed by atoms with Crippen LogP contribution >= 0.6 is 0 Å². The van der Waals surface area contributed by atoms with Crippen LogP contribution in [0.4, 0.5) is 10.6 Å². The van der Waals surface area contributed by atoms with E-state index in [1.165, 1.54) is 0 Å². The fraction of sp³-hybridized carbons (Fsp3) is 0.500. The number of nitrogens with one attached hydrogen (secondary N) is 2. The maximum Gasteiger partial charge on any atom is 0.314 e. The van der Waals surface area contributed by atoms with E-state index in [0.717, 1.165) is 42.7 Å². The first-order valence-corrected chi connectivity index (χ1v) is 8.73. The van der Waals surface area contributed by atoms with Crippen molar-refractivity contribution in [3.05, 3.63) is 18.5 Å². The molecule has 0 bridgehead atoms. The molecule has 0 spiro atoms. The molecule has 1 aromatic heterocycles. The average Bonchev–Trinajstić information content (AvgIpc) is 2.70. The van der Waals surface area contributed by atoms with E-state index in [4.69, 9.17) is 9.47 Å². The topological polar surface area (TPSA) is 88.6 Å². The van der Waals surface area contributed by atoms with Gasteiger partial charge in [0.05, 0.1) is 19.7 Å². The molecule has 140 valence electrons. The van der Waals surface area contributed by atoms with E-state index in [1.54, 1.807) is 27.6 Å². The molecule has 26 heavy (non-hydrogen) atoms. The summed E-state index contributed by atoms with van der Waals surface area (Å²) in [5.41, 5.74) is 0.830. The average molecular weight is 359 g/mol. The van der Waals surface area contributed by atoms with Crippen LogP contribution in [0.1, 0.15) is 12.8 Å². The van der Waals surface area contributed by atoms with Crippen LogP contribution in [0, 0.1) is 5.92 Å². The van der Waals surface area contributed by atoms with Gasteiger partial charge in [-0.15, -0.1) is 0 Å². The number of rotatable bonds is 5. The minimum absolute atomic E-state index is 0.129. The quantitative estimate of drug-likeness (QED) is 0.846. The maximum absolute atomic E-state index is 11.3. The Balaban J connectivity index is 1.76. The fourth-order valence-corrected chi connectivity index (χ4v) is 3.30. The number of hydrogen-bond donors (Lipinski definition) is 2. The molecule has 2 amide bonds. The summed E-state index contributed by atoms with van der Waals surface area (Å²) >= 11 is 0. The van der Waals surface area contributed by atoms with Crippen molar-refractivity contribution in [2.24, 2.45) is 5.92 Å². The first kappa shape index (κ1) is 18.0. The summed E-state index contributed by atoms with van der Waals surface area (Å²) in [6.07, 6.45) is 3.59. The highest BCUT2D eigenvalue weighted by Crippen LogP contribution is 2.35. The molecule has 1 fully saturated rings. The second-order valence-electron chi connectivity index (χ2n) is 6.31. The van der Waals surface area contributed by atoms with Crippen LogP contribution in [0.5, 0.6) is 11.5 Å². The van der Waals surface area contributed by atoms with Crippen LogP contribution in [0.15, 0.2) is 18.5 Å². The number of urea groups is 1. The van der Waals surface area contributed by atoms with E-state index in [0.29, 0.717) is 24.0 Å². The molecule has 0 unspecified atom stereocenters. The van der Waals surface area contributed by atoms with E-state index in [2.05, 4.69) is 25.5 Å². The normalized spacial score (nSPS) is 15.0. The van der Waals surface area contributed by atoms with Crippen LogP contribution in [0.25, 0.3) is 10.9 Å². The minimum Gasteiger partial charge on any atom is -0.493 e. The molecule has 1 aliphatic heterocycles. The zero-order valence-electron chi connectivity index (χ0n) is 15.4. The standard InChI is InChI=1S/C18H25N5O3/c1-19-18(24)20-10-12-4-6-23(7-5-12)17-13-8-15(25-2)16(26-3)9-14(13)21-11-22-17/h8-9,11-12H,4-7,10H2,1-3H3,(H2,19,20,24). The number of aromatic nitrogens is 2. The summed E-state index contributed by atoms with van der Waals surface area (Å²) in [6.45, 7) is 2.48. The van der Waals surface area contributed by atoms with Crippen LogP contribution in [-0.4, -0.2) is 56.9 Å². The van der Waals surface area contributed by atoms with Gasteiger partial charge in [-0.2, -0.15) is 0 Å². The number of ether oxygens (including phenoxy) is 2. The molecule has 1 saturated heterocycles. The summed E-state index contributed by atoms with van der Waals surface area (Å²) in [5.74, 6) is 2.71. The van der Waals surface area contributed by atoms with Crippen molar-refractivity contribution in [3.8, 4) is 11.5 Å². The highest BCUT2D eigenvalue weighted by molar-refractivity contribution is 5.92. The van der Waals surface area contributed by atoms with Crippen molar-refractivity contribution in [3.63, 3.8) is 0 Å². The molecule has 2 N–H and O–H groups in total. The molecule has 0 radical (unpaired) electrons. The lowest BCUT2D eigenvalue weighted by Crippen LogP contribution is -2.41. The Morgan fingerprint density at radius 3 is 2.54 bits per heavy atom. The highest BCUT2D eigenvalue weighted by atomic mass is 16.5. The molecule has 1 aromatic carbocycles. The molecule has 0 atom stereocenters. The molecule has 2 aromatic rings. The van der Waals surface area contributed by atoms with Gasteiger partial charge in [-0.3, -0.25) is 0 Å². The number of fused-ring (bicyclic) bond motifs is 1. The number of anilines is 1. The number of amides is 2. The smallest absolute Gasteiger partial charge is 0.314 e. The van der Waals surface area contributed by atoms with Crippen molar-refractivity contribution in [2.45, 2.75) is 12.8 Å². The third kappa shape index (κ3) is 3.74. The van der Waals surface area contributed by atoms with Crippen LogP contribution in [0.3, 0.4) is 0 Å². The number of methoxy groups -OCH3 is 2. The summed E-state index contributed by atoms with van der Waals surface area (Å²) in [6, 6.07) is 3.68. The SMILES string of the molecule is CNC(=O)NCC1CCN(c2ncnc3cc(OC)c(OC)cc23)CC1. The second-order valence-corrected chi connectivity index (χ2v) is 6.31. The van der Waals surface area contributed by atoms with Crippen LogP contribution in [-0.2, 0) is 0 Å². The Morgan fingerprint density at radius 2 is 1.88 bits per heavy atom. The number of carbonyl (C=O) groups is 1. The van der Waals surface area contributed by atoms with Gasteiger partial charge in [0, 0.05) is 38.1 Å². The largest absolute Gasteiger partial charge is 0.493 e. The first-order chi connectivity index (χ1) is 12.7. The van der Waals surface area contributed by atoms with Crippen molar-refractivity contribution < 1.29 is 14.3 Å². The summed E-state index contributed by atoms with van der Waals surface area (Å²) < 4.78 is 10.8. The molecule has 8 heteroatoms. The molecular formula is C18H25N5O3. The summed E-state index contributed by atoms with van der Waals surface area (Å²) in [4.78, 5) is 22.5. The van der Waals surface area contributed by atoms with Gasteiger partial charge in [0.25, 0.3) is 0 Å². The molecule has 1 aliphatic rings. The van der Waals surface area contributed by atoms with E-state index in [-0.39, 0.29) is 6.03 Å². The molecular weight excluding hydrogens is 334 g/mol. The second kappa shape index (κ2) is 8.07. The van der Waals surface area contributed by atoms with E-state index < -0.39 is 0 Å². The maximum atomic E-state index is 11.3. The Morgan fingerprint density at radius 1 is 1.19 bits per heavy atom. The van der Waals surface area contributed by atoms with Gasteiger partial charge in [0.1, 0.15) is 12.1 Å². The predicted molar refractivity (Wildman–Crippen MR) is 100 cm³/mol. The lowest BCUT2D eigenvalue weighted by atomic mass is 9.96. The first-order valence-electron chi connectivity index (χ1n) is 8.73. The van der Waals surface area contributed by atoms with Gasteiger partial charge in [-0.25, -0.2) is 14.8 Å². The Kier molecular flexibility index (Phi) is 5.60. The molecule has 2 heterocycles. The Labute approximate surface area is 152 Å². The van der Waals surface area contributed by atoms with E-state index in [1.807, 2.05) is 12.1 Å². The predicted octanol–water partition coefficient (Wildman–Crippen LogP) is 1.79. The van der Waals surface area contributed by atoms with Crippen molar-refractivity contribution in [1.29, 1.82) is 0 Å². The van der Waals surface area contributed by atoms with Crippen molar-refractivity contribution in [1.82, 2.24) is 20.6 Å². The number of piperidine rings is 1. The van der Waals surface area contributed by atoms with Crippen LogP contribution < -0.4 is 25.0 Å². The van der Waals surface area contributed by atoms with Gasteiger partial charge in [0.15, 0.2) is 11.5 Å². The van der Waals surface area contributed by atoms with Crippen molar-refractivity contribution >= 4 is 22.8 Å². The number of carbonyl (C=O) groups excluding carboxylic acids is 1. The third-order valence-corrected chi connectivity index (χ3v) is 4.81. The zero-order chi connectivity index (χ0) is 18.5. The van der Waals surface area contributed by atoms with Crippen molar-refractivity contribution in [2.75, 3.05) is 45.8 Å². The Bertz CT molecular complexity index is 775. The number of nitrogens with zero attached hydrogens (tertiary/aromatic N) is 3. The lowest BCUT2D eigenvalue weighted by molar-refractivity contribution is 0.239. The number of hydrogen-bond acceptors (Lipinski definition) is 6. The zero-order valence-corrected chi connectivity index (χ0v) is 15.4. The lowest BCUT2D eigenvalue weighted by Gasteiger charge is -2.33. The number of benzene rings is 1. The Hall–Kier alpha value is -2.77. The molecule has 3 rings (SSSR count). The van der Waals surface area contributed by atoms with Gasteiger partial charge < -0.3 is 25.0 Å².